The molecular weight excluding hydrogens is 399 g/mol. The maximum absolute atomic E-state index is 14.7. The zero-order valence-corrected chi connectivity index (χ0v) is 17.0. The third-order valence-corrected chi connectivity index (χ3v) is 6.50. The first-order chi connectivity index (χ1) is 15.1. The average molecular weight is 422 g/mol. The quantitative estimate of drug-likeness (QED) is 0.661. The molecule has 3 heterocycles. The average Bonchev–Trinajstić information content (AvgIpc) is 3.57. The Bertz CT molecular complexity index is 1230. The Kier molecular flexibility index (Phi) is 4.17. The van der Waals surface area contributed by atoms with Crippen LogP contribution in [0, 0.1) is 5.82 Å². The lowest BCUT2D eigenvalue weighted by molar-refractivity contribution is 0.284. The number of phenolic OH excluding ortho intramolecular Hbond substituents is 1. The Morgan fingerprint density at radius 3 is 2.87 bits per heavy atom. The summed E-state index contributed by atoms with van der Waals surface area (Å²) >= 11 is 0. The van der Waals surface area contributed by atoms with Gasteiger partial charge in [-0.05, 0) is 42.7 Å². The number of aromatic nitrogens is 2. The summed E-state index contributed by atoms with van der Waals surface area (Å²) < 4.78 is 22.6. The number of nitrogens with one attached hydrogen (secondary N) is 1. The fourth-order valence-corrected chi connectivity index (χ4v) is 4.87. The third kappa shape index (κ3) is 2.96. The highest BCUT2D eigenvalue weighted by Crippen LogP contribution is 2.44. The number of nitrogens with zero attached hydrogens (tertiary/aromatic N) is 3. The van der Waals surface area contributed by atoms with Gasteiger partial charge in [0.25, 0.3) is 0 Å². The monoisotopic (exact) mass is 422 g/mol. The Labute approximate surface area is 178 Å². The highest BCUT2D eigenvalue weighted by molar-refractivity contribution is 5.99. The van der Waals surface area contributed by atoms with Gasteiger partial charge in [-0.2, -0.15) is 4.98 Å². The minimum absolute atomic E-state index is 0.0932. The molecule has 0 radical (unpaired) electrons. The van der Waals surface area contributed by atoms with E-state index < -0.39 is 5.82 Å². The molecule has 1 atom stereocenters. The molecule has 2 N–H and O–H groups in total. The van der Waals surface area contributed by atoms with Crippen LogP contribution in [0.1, 0.15) is 25.3 Å². The van der Waals surface area contributed by atoms with Gasteiger partial charge < -0.3 is 20.1 Å². The molecule has 1 unspecified atom stereocenters. The smallest absolute Gasteiger partial charge is 0.350 e. The van der Waals surface area contributed by atoms with Crippen LogP contribution in [0.3, 0.4) is 0 Å². The van der Waals surface area contributed by atoms with Gasteiger partial charge in [0, 0.05) is 38.1 Å². The second-order valence-corrected chi connectivity index (χ2v) is 8.51. The first-order valence-corrected chi connectivity index (χ1v) is 10.8. The number of benzene rings is 2. The van der Waals surface area contributed by atoms with Crippen LogP contribution in [0.2, 0.25) is 0 Å². The van der Waals surface area contributed by atoms with Gasteiger partial charge in [0.1, 0.15) is 23.1 Å². The second kappa shape index (κ2) is 6.95. The summed E-state index contributed by atoms with van der Waals surface area (Å²) in [6.07, 6.45) is 2.62. The van der Waals surface area contributed by atoms with Crippen molar-refractivity contribution in [3.63, 3.8) is 0 Å². The summed E-state index contributed by atoms with van der Waals surface area (Å²) in [6, 6.07) is 8.10. The lowest BCUT2D eigenvalue weighted by Gasteiger charge is -2.39. The Balaban J connectivity index is 1.68. The van der Waals surface area contributed by atoms with E-state index in [2.05, 4.69) is 15.2 Å². The summed E-state index contributed by atoms with van der Waals surface area (Å²) in [5.74, 6) is 0.551. The number of fused-ring (bicyclic) bond motifs is 2. The number of rotatable bonds is 2. The van der Waals surface area contributed by atoms with Gasteiger partial charge in [0.05, 0.1) is 23.1 Å². The van der Waals surface area contributed by atoms with Crippen LogP contribution in [-0.2, 0) is 0 Å². The van der Waals surface area contributed by atoms with Crippen molar-refractivity contribution < 1.29 is 14.2 Å². The van der Waals surface area contributed by atoms with Crippen LogP contribution >= 0.6 is 0 Å². The Morgan fingerprint density at radius 1 is 1.19 bits per heavy atom. The summed E-state index contributed by atoms with van der Waals surface area (Å²) in [5, 5.41) is 14.6. The van der Waals surface area contributed by atoms with Crippen LogP contribution in [0.25, 0.3) is 22.0 Å². The molecule has 31 heavy (non-hydrogen) atoms. The fraction of sp³-hybridized carbons (Fsp3) is 0.391. The molecule has 1 saturated carbocycles. The lowest BCUT2D eigenvalue weighted by Crippen LogP contribution is -2.53. The summed E-state index contributed by atoms with van der Waals surface area (Å²) in [6.45, 7) is 2.90. The van der Waals surface area contributed by atoms with Crippen molar-refractivity contribution in [2.75, 3.05) is 31.1 Å². The minimum atomic E-state index is -0.519. The molecule has 6 rings (SSSR count). The summed E-state index contributed by atoms with van der Waals surface area (Å²) in [5.41, 5.74) is 0.997. The first kappa shape index (κ1) is 18.6. The van der Waals surface area contributed by atoms with Crippen molar-refractivity contribution in [2.45, 2.75) is 31.3 Å². The zero-order chi connectivity index (χ0) is 21.1. The molecule has 7 nitrogen and oxygen atoms in total. The molecule has 160 valence electrons. The van der Waals surface area contributed by atoms with Gasteiger partial charge in [-0.1, -0.05) is 6.07 Å². The predicted octanol–water partition coefficient (Wildman–Crippen LogP) is 2.80. The SMILES string of the molecule is O=c1nc2c3c(cc(-c4c(O)cccc4F)cc3n1C1CC1)OCCC1CNCCN21. The fourth-order valence-electron chi connectivity index (χ4n) is 4.87. The van der Waals surface area contributed by atoms with Crippen molar-refractivity contribution in [3.05, 3.63) is 46.6 Å². The van der Waals surface area contributed by atoms with Crippen LogP contribution < -0.4 is 20.6 Å². The van der Waals surface area contributed by atoms with E-state index in [0.717, 1.165) is 44.3 Å². The predicted molar refractivity (Wildman–Crippen MR) is 115 cm³/mol. The van der Waals surface area contributed by atoms with E-state index >= 15 is 0 Å². The van der Waals surface area contributed by atoms with Crippen LogP contribution in [0.5, 0.6) is 11.5 Å². The van der Waals surface area contributed by atoms with E-state index in [1.165, 1.54) is 18.2 Å². The number of ether oxygens (including phenoxy) is 1. The number of hydrogen-bond donors (Lipinski definition) is 2. The van der Waals surface area contributed by atoms with E-state index in [1.54, 1.807) is 16.7 Å². The van der Waals surface area contributed by atoms with E-state index in [4.69, 9.17) is 4.74 Å². The van der Waals surface area contributed by atoms with Crippen molar-refractivity contribution in [2.24, 2.45) is 0 Å². The van der Waals surface area contributed by atoms with Gasteiger partial charge in [0.2, 0.25) is 0 Å². The topological polar surface area (TPSA) is 79.6 Å². The maximum Gasteiger partial charge on any atom is 0.350 e. The van der Waals surface area contributed by atoms with Gasteiger partial charge in [0.15, 0.2) is 0 Å². The molecule has 2 aromatic carbocycles. The second-order valence-electron chi connectivity index (χ2n) is 8.51. The molecule has 0 bridgehead atoms. The number of aromatic hydroxyl groups is 1. The molecule has 1 aliphatic carbocycles. The number of phenols is 1. The van der Waals surface area contributed by atoms with Gasteiger partial charge in [-0.25, -0.2) is 9.18 Å². The number of anilines is 1. The van der Waals surface area contributed by atoms with Gasteiger partial charge in [-0.15, -0.1) is 0 Å². The molecule has 0 spiro atoms. The minimum Gasteiger partial charge on any atom is -0.507 e. The molecule has 8 heteroatoms. The number of halogens is 1. The zero-order valence-electron chi connectivity index (χ0n) is 17.0. The van der Waals surface area contributed by atoms with Crippen LogP contribution in [-0.4, -0.2) is 46.9 Å². The largest absolute Gasteiger partial charge is 0.507 e. The van der Waals surface area contributed by atoms with E-state index in [-0.39, 0.29) is 29.1 Å². The van der Waals surface area contributed by atoms with Crippen LogP contribution in [0.4, 0.5) is 10.2 Å². The Morgan fingerprint density at radius 2 is 2.06 bits per heavy atom. The highest BCUT2D eigenvalue weighted by atomic mass is 19.1. The molecule has 1 saturated heterocycles. The molecule has 3 aliphatic rings. The van der Waals surface area contributed by atoms with E-state index in [9.17, 15) is 14.3 Å². The van der Waals surface area contributed by atoms with Crippen molar-refractivity contribution in [3.8, 4) is 22.6 Å². The van der Waals surface area contributed by atoms with E-state index in [1.807, 2.05) is 0 Å². The van der Waals surface area contributed by atoms with E-state index in [0.29, 0.717) is 29.3 Å². The normalized spacial score (nSPS) is 20.7. The highest BCUT2D eigenvalue weighted by Gasteiger charge is 2.33. The van der Waals surface area contributed by atoms with Gasteiger partial charge in [-0.3, -0.25) is 4.57 Å². The lowest BCUT2D eigenvalue weighted by atomic mass is 10.00. The maximum atomic E-state index is 14.7. The van der Waals surface area contributed by atoms with Crippen molar-refractivity contribution in [1.29, 1.82) is 0 Å². The third-order valence-electron chi connectivity index (χ3n) is 6.50. The molecule has 0 amide bonds. The Hall–Kier alpha value is -3.13. The molecule has 3 aromatic rings. The molecule has 1 aromatic heterocycles. The summed E-state index contributed by atoms with van der Waals surface area (Å²) in [4.78, 5) is 19.9. The molecular formula is C23H23FN4O3. The van der Waals surface area contributed by atoms with Gasteiger partial charge >= 0.3 is 5.69 Å². The standard InChI is InChI=1S/C23H23FN4O3/c24-16-2-1-3-18(29)20(16)13-10-17-21-19(11-13)31-9-6-15-12-25-7-8-27(15)22(21)26-23(30)28(17)14-4-5-14/h1-3,10-11,14-15,25,29H,4-9,12H2. The number of hydrogen-bond acceptors (Lipinski definition) is 6. The number of piperazine rings is 1. The molecule has 2 aliphatic heterocycles. The molecule has 2 fully saturated rings. The summed E-state index contributed by atoms with van der Waals surface area (Å²) in [7, 11) is 0. The van der Waals surface area contributed by atoms with Crippen LogP contribution in [0.15, 0.2) is 35.1 Å². The first-order valence-electron chi connectivity index (χ1n) is 10.8. The van der Waals surface area contributed by atoms with Crippen molar-refractivity contribution >= 4 is 16.7 Å². The van der Waals surface area contributed by atoms with Crippen molar-refractivity contribution in [1.82, 2.24) is 14.9 Å².